The first-order chi connectivity index (χ1) is 12.5. The average molecular weight is 360 g/mol. The van der Waals surface area contributed by atoms with E-state index in [2.05, 4.69) is 14.8 Å². The highest BCUT2D eigenvalue weighted by atomic mass is 16.2. The predicted molar refractivity (Wildman–Crippen MR) is 95.4 cm³/mol. The summed E-state index contributed by atoms with van der Waals surface area (Å²) >= 11 is 0. The van der Waals surface area contributed by atoms with Gasteiger partial charge in [-0.1, -0.05) is 0 Å². The molecule has 0 bridgehead atoms. The van der Waals surface area contributed by atoms with E-state index in [1.807, 2.05) is 9.80 Å². The maximum absolute atomic E-state index is 12.3. The molecule has 1 saturated carbocycles. The lowest BCUT2D eigenvalue weighted by molar-refractivity contribution is -0.133. The highest BCUT2D eigenvalue weighted by molar-refractivity contribution is 5.76. The number of amides is 3. The van der Waals surface area contributed by atoms with Gasteiger partial charge in [0, 0.05) is 52.6 Å². The van der Waals surface area contributed by atoms with Crippen LogP contribution >= 0.6 is 0 Å². The van der Waals surface area contributed by atoms with Gasteiger partial charge in [-0.2, -0.15) is 0 Å². The van der Waals surface area contributed by atoms with Crippen LogP contribution in [-0.2, 0) is 17.9 Å². The summed E-state index contributed by atoms with van der Waals surface area (Å²) in [6, 6.07) is 0.0801. The number of hydrogen-bond donors (Lipinski definition) is 0. The molecular weight excluding hydrogens is 332 g/mol. The summed E-state index contributed by atoms with van der Waals surface area (Å²) in [6.07, 6.45) is 4.94. The van der Waals surface area contributed by atoms with Crippen LogP contribution in [0.15, 0.2) is 0 Å². The molecule has 1 aromatic rings. The molecule has 1 aromatic heterocycles. The second-order valence-corrected chi connectivity index (χ2v) is 8.03. The van der Waals surface area contributed by atoms with Gasteiger partial charge in [0.25, 0.3) is 0 Å². The molecule has 3 heterocycles. The molecule has 8 heteroatoms. The van der Waals surface area contributed by atoms with Gasteiger partial charge < -0.3 is 19.3 Å². The van der Waals surface area contributed by atoms with Gasteiger partial charge in [-0.05, 0) is 31.6 Å². The van der Waals surface area contributed by atoms with Gasteiger partial charge in [0.05, 0.1) is 6.54 Å². The first-order valence-electron chi connectivity index (χ1n) is 9.69. The van der Waals surface area contributed by atoms with E-state index in [0.29, 0.717) is 24.8 Å². The van der Waals surface area contributed by atoms with E-state index in [1.54, 1.807) is 19.0 Å². The van der Waals surface area contributed by atoms with Crippen molar-refractivity contribution in [2.75, 3.05) is 33.7 Å². The van der Waals surface area contributed by atoms with Gasteiger partial charge in [-0.25, -0.2) is 4.79 Å². The topological polar surface area (TPSA) is 74.6 Å². The summed E-state index contributed by atoms with van der Waals surface area (Å²) in [4.78, 5) is 29.9. The molecule has 1 saturated heterocycles. The van der Waals surface area contributed by atoms with Crippen LogP contribution in [-0.4, -0.2) is 75.1 Å². The van der Waals surface area contributed by atoms with E-state index in [1.165, 1.54) is 12.8 Å². The first kappa shape index (κ1) is 17.3. The summed E-state index contributed by atoms with van der Waals surface area (Å²) in [5.74, 6) is 3.16. The van der Waals surface area contributed by atoms with Crippen molar-refractivity contribution in [3.05, 3.63) is 11.6 Å². The monoisotopic (exact) mass is 360 g/mol. The minimum atomic E-state index is 0.0801. The Morgan fingerprint density at radius 3 is 2.38 bits per heavy atom. The lowest BCUT2D eigenvalue weighted by Crippen LogP contribution is -2.44. The summed E-state index contributed by atoms with van der Waals surface area (Å²) in [6.45, 7) is 3.63. The zero-order chi connectivity index (χ0) is 18.3. The van der Waals surface area contributed by atoms with E-state index in [-0.39, 0.29) is 11.9 Å². The lowest BCUT2D eigenvalue weighted by atomic mass is 9.96. The Labute approximate surface area is 154 Å². The van der Waals surface area contributed by atoms with Crippen LogP contribution in [0.5, 0.6) is 0 Å². The van der Waals surface area contributed by atoms with Crippen LogP contribution in [0.1, 0.15) is 49.7 Å². The summed E-state index contributed by atoms with van der Waals surface area (Å²) < 4.78 is 2.20. The molecule has 2 fully saturated rings. The highest BCUT2D eigenvalue weighted by Crippen LogP contribution is 2.33. The van der Waals surface area contributed by atoms with E-state index < -0.39 is 0 Å². The average Bonchev–Trinajstić information content (AvgIpc) is 3.36. The van der Waals surface area contributed by atoms with Gasteiger partial charge in [-0.15, -0.1) is 10.2 Å². The molecule has 0 radical (unpaired) electrons. The summed E-state index contributed by atoms with van der Waals surface area (Å²) in [7, 11) is 3.58. The predicted octanol–water partition coefficient (Wildman–Crippen LogP) is 1.28. The Morgan fingerprint density at radius 2 is 1.73 bits per heavy atom. The van der Waals surface area contributed by atoms with Crippen LogP contribution in [0, 0.1) is 5.92 Å². The molecule has 0 spiro atoms. The molecule has 0 N–H and O–H groups in total. The van der Waals surface area contributed by atoms with Crippen molar-refractivity contribution in [1.29, 1.82) is 0 Å². The molecule has 4 rings (SSSR count). The maximum Gasteiger partial charge on any atom is 0.319 e. The van der Waals surface area contributed by atoms with Gasteiger partial charge in [0.2, 0.25) is 5.91 Å². The van der Waals surface area contributed by atoms with E-state index in [9.17, 15) is 9.59 Å². The molecule has 3 aliphatic rings. The Kier molecular flexibility index (Phi) is 4.58. The number of hydrogen-bond acceptors (Lipinski definition) is 4. The Morgan fingerprint density at radius 1 is 1.00 bits per heavy atom. The number of carbonyl (C=O) groups excluding carboxylic acids is 2. The SMILES string of the molecule is CN(C)C(=O)N1CCC(c2nnc3n2CCN(C(=O)CC2CC2)C3)CC1. The number of likely N-dealkylation sites (tertiary alicyclic amines) is 1. The number of aromatic nitrogens is 3. The van der Waals surface area contributed by atoms with Crippen LogP contribution < -0.4 is 0 Å². The van der Waals surface area contributed by atoms with Crippen LogP contribution in [0.4, 0.5) is 4.79 Å². The number of nitrogens with zero attached hydrogens (tertiary/aromatic N) is 6. The summed E-state index contributed by atoms with van der Waals surface area (Å²) in [5, 5.41) is 8.83. The number of fused-ring (bicyclic) bond motifs is 1. The number of rotatable bonds is 3. The minimum absolute atomic E-state index is 0.0801. The second-order valence-electron chi connectivity index (χ2n) is 8.03. The molecule has 3 amide bonds. The minimum Gasteiger partial charge on any atom is -0.333 e. The number of carbonyl (C=O) groups is 2. The van der Waals surface area contributed by atoms with Crippen LogP contribution in [0.3, 0.4) is 0 Å². The Hall–Kier alpha value is -2.12. The Bertz CT molecular complexity index is 688. The molecule has 26 heavy (non-hydrogen) atoms. The fourth-order valence-corrected chi connectivity index (χ4v) is 4.00. The number of piperidine rings is 1. The fraction of sp³-hybridized carbons (Fsp3) is 0.778. The molecule has 8 nitrogen and oxygen atoms in total. The third kappa shape index (κ3) is 3.41. The lowest BCUT2D eigenvalue weighted by Gasteiger charge is -2.34. The molecule has 0 atom stereocenters. The van der Waals surface area contributed by atoms with Gasteiger partial charge in [0.15, 0.2) is 5.82 Å². The third-order valence-electron chi connectivity index (χ3n) is 5.81. The molecule has 1 aliphatic carbocycles. The summed E-state index contributed by atoms with van der Waals surface area (Å²) in [5.41, 5.74) is 0. The third-order valence-corrected chi connectivity index (χ3v) is 5.81. The highest BCUT2D eigenvalue weighted by Gasteiger charge is 2.32. The van der Waals surface area contributed by atoms with Crippen molar-refractivity contribution >= 4 is 11.9 Å². The van der Waals surface area contributed by atoms with E-state index in [4.69, 9.17) is 0 Å². The quantitative estimate of drug-likeness (QED) is 0.814. The van der Waals surface area contributed by atoms with Crippen LogP contribution in [0.25, 0.3) is 0 Å². The van der Waals surface area contributed by atoms with E-state index in [0.717, 1.165) is 50.7 Å². The fourth-order valence-electron chi connectivity index (χ4n) is 4.00. The van der Waals surface area contributed by atoms with Gasteiger partial charge in [-0.3, -0.25) is 4.79 Å². The molecule has 2 aliphatic heterocycles. The van der Waals surface area contributed by atoms with Crippen molar-refractivity contribution in [2.45, 2.75) is 51.1 Å². The molecular formula is C18H28N6O2. The van der Waals surface area contributed by atoms with Crippen molar-refractivity contribution < 1.29 is 9.59 Å². The van der Waals surface area contributed by atoms with Gasteiger partial charge in [0.1, 0.15) is 5.82 Å². The zero-order valence-corrected chi connectivity index (χ0v) is 15.7. The smallest absolute Gasteiger partial charge is 0.319 e. The standard InChI is InChI=1S/C18H28N6O2/c1-21(2)18(26)22-7-5-14(6-8-22)17-20-19-15-12-23(9-10-24(15)17)16(25)11-13-3-4-13/h13-14H,3-12H2,1-2H3. The number of urea groups is 1. The molecule has 0 unspecified atom stereocenters. The largest absolute Gasteiger partial charge is 0.333 e. The maximum atomic E-state index is 12.3. The van der Waals surface area contributed by atoms with Crippen LogP contribution in [0.2, 0.25) is 0 Å². The normalized spacial score (nSPS) is 20.8. The first-order valence-corrected chi connectivity index (χ1v) is 9.69. The molecule has 142 valence electrons. The van der Waals surface area contributed by atoms with E-state index >= 15 is 0 Å². The van der Waals surface area contributed by atoms with Crippen molar-refractivity contribution in [3.63, 3.8) is 0 Å². The Balaban J connectivity index is 1.38. The van der Waals surface area contributed by atoms with Crippen molar-refractivity contribution in [3.8, 4) is 0 Å². The van der Waals surface area contributed by atoms with Crippen molar-refractivity contribution in [2.24, 2.45) is 5.92 Å². The van der Waals surface area contributed by atoms with Crippen molar-refractivity contribution in [1.82, 2.24) is 29.5 Å². The second kappa shape index (κ2) is 6.89. The molecule has 0 aromatic carbocycles. The van der Waals surface area contributed by atoms with Gasteiger partial charge >= 0.3 is 6.03 Å². The zero-order valence-electron chi connectivity index (χ0n) is 15.7.